The van der Waals surface area contributed by atoms with E-state index in [9.17, 15) is 9.90 Å². The Hall–Kier alpha value is -1.83. The van der Waals surface area contributed by atoms with Crippen molar-refractivity contribution in [2.24, 2.45) is 11.3 Å². The van der Waals surface area contributed by atoms with E-state index in [0.29, 0.717) is 5.75 Å². The molecule has 28 heavy (non-hydrogen) atoms. The van der Waals surface area contributed by atoms with Crippen LogP contribution in [0.4, 0.5) is 0 Å². The molecule has 1 aliphatic carbocycles. The third-order valence-electron chi connectivity index (χ3n) is 5.70. The van der Waals surface area contributed by atoms with Gasteiger partial charge in [0.2, 0.25) is 0 Å². The molecule has 2 heteroatoms. The highest BCUT2D eigenvalue weighted by atomic mass is 16.3. The van der Waals surface area contributed by atoms with Crippen LogP contribution in [0.2, 0.25) is 0 Å². The van der Waals surface area contributed by atoms with Crippen molar-refractivity contribution in [3.05, 3.63) is 46.0 Å². The van der Waals surface area contributed by atoms with E-state index in [1.807, 2.05) is 13.0 Å². The average molecular weight is 383 g/mol. The number of allylic oxidation sites excluding steroid dienone is 4. The van der Waals surface area contributed by atoms with Gasteiger partial charge in [-0.15, -0.1) is 0 Å². The summed E-state index contributed by atoms with van der Waals surface area (Å²) >= 11 is 0. The smallest absolute Gasteiger partial charge is 0.166 e. The van der Waals surface area contributed by atoms with Crippen molar-refractivity contribution >= 4 is 11.4 Å². The Morgan fingerprint density at radius 1 is 0.821 bits per heavy atom. The maximum atomic E-state index is 13.2. The quantitative estimate of drug-likeness (QED) is 0.570. The first kappa shape index (κ1) is 22.5. The second kappa shape index (κ2) is 6.90. The van der Waals surface area contributed by atoms with Gasteiger partial charge in [0.1, 0.15) is 5.75 Å². The van der Waals surface area contributed by atoms with Crippen LogP contribution >= 0.6 is 0 Å². The summed E-state index contributed by atoms with van der Waals surface area (Å²) in [5, 5.41) is 11.1. The van der Waals surface area contributed by atoms with Crippen LogP contribution in [0.15, 0.2) is 29.4 Å². The van der Waals surface area contributed by atoms with E-state index in [1.165, 1.54) is 0 Å². The molecule has 0 saturated heterocycles. The highest BCUT2D eigenvalue weighted by Gasteiger charge is 2.39. The largest absolute Gasteiger partial charge is 0.507 e. The minimum absolute atomic E-state index is 0.190. The van der Waals surface area contributed by atoms with Gasteiger partial charge in [0.25, 0.3) is 0 Å². The number of hydrogen-bond donors (Lipinski definition) is 1. The van der Waals surface area contributed by atoms with Gasteiger partial charge in [-0.2, -0.15) is 0 Å². The molecule has 1 unspecified atom stereocenters. The average Bonchev–Trinajstić information content (AvgIpc) is 2.47. The molecule has 1 aromatic rings. The summed E-state index contributed by atoms with van der Waals surface area (Å²) in [4.78, 5) is 13.2. The Kier molecular flexibility index (Phi) is 5.53. The van der Waals surface area contributed by atoms with Crippen LogP contribution in [0.3, 0.4) is 0 Å². The zero-order chi connectivity index (χ0) is 21.8. The third kappa shape index (κ3) is 4.11. The molecule has 0 bridgehead atoms. The zero-order valence-corrected chi connectivity index (χ0v) is 19.7. The van der Waals surface area contributed by atoms with Crippen molar-refractivity contribution in [2.75, 3.05) is 0 Å². The number of carbonyl (C=O) groups is 1. The topological polar surface area (TPSA) is 37.3 Å². The van der Waals surface area contributed by atoms with Gasteiger partial charge in [-0.1, -0.05) is 68.4 Å². The van der Waals surface area contributed by atoms with Crippen LogP contribution in [0, 0.1) is 11.3 Å². The standard InChI is InChI=1S/C26H38O2/c1-15-12-16(2)22(27)21(26(9,10)11)20(15)17-13-18(24(3,4)5)23(28)19(14-17)25(6,7)8/h12-14,21,28H,1-11H3. The number of ketones is 1. The minimum Gasteiger partial charge on any atom is -0.507 e. The van der Waals surface area contributed by atoms with Crippen LogP contribution in [0.25, 0.3) is 5.57 Å². The van der Waals surface area contributed by atoms with Crippen LogP contribution in [-0.2, 0) is 15.6 Å². The first-order chi connectivity index (χ1) is 12.5. The number of carbonyl (C=O) groups excluding carboxylic acids is 1. The molecule has 2 nitrogen and oxygen atoms in total. The summed E-state index contributed by atoms with van der Waals surface area (Å²) in [5.74, 6) is 0.390. The fourth-order valence-electron chi connectivity index (χ4n) is 4.21. The van der Waals surface area contributed by atoms with E-state index in [-0.39, 0.29) is 27.9 Å². The zero-order valence-electron chi connectivity index (χ0n) is 19.7. The summed E-state index contributed by atoms with van der Waals surface area (Å²) in [6.45, 7) is 23.2. The number of rotatable bonds is 1. The minimum atomic E-state index is -0.198. The second-order valence-electron chi connectivity index (χ2n) is 11.5. The van der Waals surface area contributed by atoms with E-state index < -0.39 is 0 Å². The summed E-state index contributed by atoms with van der Waals surface area (Å²) in [5.41, 5.74) is 5.40. The predicted octanol–water partition coefficient (Wildman–Crippen LogP) is 6.95. The van der Waals surface area contributed by atoms with E-state index >= 15 is 0 Å². The molecule has 0 saturated carbocycles. The Balaban J connectivity index is 2.92. The van der Waals surface area contributed by atoms with Crippen LogP contribution in [0.1, 0.15) is 92.9 Å². The molecule has 154 valence electrons. The summed E-state index contributed by atoms with van der Waals surface area (Å²) in [7, 11) is 0. The third-order valence-corrected chi connectivity index (χ3v) is 5.70. The van der Waals surface area contributed by atoms with Crippen molar-refractivity contribution in [3.8, 4) is 5.75 Å². The van der Waals surface area contributed by atoms with Crippen LogP contribution < -0.4 is 0 Å². The molecule has 0 spiro atoms. The lowest BCUT2D eigenvalue weighted by Gasteiger charge is -2.37. The van der Waals surface area contributed by atoms with E-state index in [4.69, 9.17) is 0 Å². The molecule has 0 fully saturated rings. The molecule has 0 aromatic heterocycles. The monoisotopic (exact) mass is 382 g/mol. The molecule has 1 N–H and O–H groups in total. The van der Waals surface area contributed by atoms with Gasteiger partial charge in [0.15, 0.2) is 5.78 Å². The number of aromatic hydroxyl groups is 1. The van der Waals surface area contributed by atoms with Crippen molar-refractivity contribution in [3.63, 3.8) is 0 Å². The molecule has 0 aliphatic heterocycles. The van der Waals surface area contributed by atoms with Gasteiger partial charge in [0, 0.05) is 11.1 Å². The van der Waals surface area contributed by atoms with Gasteiger partial charge in [-0.25, -0.2) is 0 Å². The SMILES string of the molecule is CC1=CC(C)=C(c2cc(C(C)(C)C)c(O)c(C(C)(C)C)c2)C(C(C)(C)C)C1=O. The number of phenolic OH excluding ortho intramolecular Hbond substituents is 1. The lowest BCUT2D eigenvalue weighted by atomic mass is 9.66. The van der Waals surface area contributed by atoms with Gasteiger partial charge in [-0.05, 0) is 64.5 Å². The number of phenols is 1. The molecular formula is C26H38O2. The van der Waals surface area contributed by atoms with Crippen molar-refractivity contribution in [2.45, 2.75) is 87.0 Å². The van der Waals surface area contributed by atoms with Crippen molar-refractivity contribution < 1.29 is 9.90 Å². The molecule has 1 aliphatic rings. The van der Waals surface area contributed by atoms with E-state index in [2.05, 4.69) is 81.4 Å². The van der Waals surface area contributed by atoms with Gasteiger partial charge >= 0.3 is 0 Å². The predicted molar refractivity (Wildman–Crippen MR) is 120 cm³/mol. The van der Waals surface area contributed by atoms with Gasteiger partial charge in [-0.3, -0.25) is 4.79 Å². The Labute approximate surface area is 171 Å². The summed E-state index contributed by atoms with van der Waals surface area (Å²) in [6, 6.07) is 4.20. The van der Waals surface area contributed by atoms with Crippen LogP contribution in [-0.4, -0.2) is 10.9 Å². The van der Waals surface area contributed by atoms with Gasteiger partial charge in [0.05, 0.1) is 5.92 Å². The lowest BCUT2D eigenvalue weighted by Crippen LogP contribution is -2.33. The Morgan fingerprint density at radius 3 is 1.61 bits per heavy atom. The fraction of sp³-hybridized carbons (Fsp3) is 0.577. The van der Waals surface area contributed by atoms with E-state index in [0.717, 1.165) is 33.4 Å². The Morgan fingerprint density at radius 2 is 1.25 bits per heavy atom. The first-order valence-corrected chi connectivity index (χ1v) is 10.3. The normalized spacial score (nSPS) is 19.2. The molecule has 1 aromatic carbocycles. The number of Topliss-reactive ketones (excluding diaryl/α,β-unsaturated/α-hetero) is 1. The highest BCUT2D eigenvalue weighted by molar-refractivity contribution is 6.08. The number of hydrogen-bond acceptors (Lipinski definition) is 2. The Bertz CT molecular complexity index is 824. The first-order valence-electron chi connectivity index (χ1n) is 10.3. The second-order valence-corrected chi connectivity index (χ2v) is 11.5. The van der Waals surface area contributed by atoms with E-state index in [1.54, 1.807) is 0 Å². The lowest BCUT2D eigenvalue weighted by molar-refractivity contribution is -0.120. The molecular weight excluding hydrogens is 344 g/mol. The molecule has 1 atom stereocenters. The maximum Gasteiger partial charge on any atom is 0.166 e. The molecule has 0 radical (unpaired) electrons. The summed E-state index contributed by atoms with van der Waals surface area (Å²) in [6.07, 6.45) is 2.01. The molecule has 2 rings (SSSR count). The molecule has 0 heterocycles. The van der Waals surface area contributed by atoms with Crippen molar-refractivity contribution in [1.82, 2.24) is 0 Å². The molecule has 0 amide bonds. The highest BCUT2D eigenvalue weighted by Crippen LogP contribution is 2.47. The van der Waals surface area contributed by atoms with Crippen LogP contribution in [0.5, 0.6) is 5.75 Å². The van der Waals surface area contributed by atoms with Crippen molar-refractivity contribution in [1.29, 1.82) is 0 Å². The fourth-order valence-corrected chi connectivity index (χ4v) is 4.21. The number of benzene rings is 1. The summed E-state index contributed by atoms with van der Waals surface area (Å²) < 4.78 is 0. The van der Waals surface area contributed by atoms with Gasteiger partial charge < -0.3 is 5.11 Å². The maximum absolute atomic E-state index is 13.2.